The maximum Gasteiger partial charge on any atom is 0.321 e. The average molecular weight is 262 g/mol. The summed E-state index contributed by atoms with van der Waals surface area (Å²) >= 11 is 1.37. The van der Waals surface area contributed by atoms with Crippen molar-refractivity contribution in [3.05, 3.63) is 36.4 Å². The third-order valence-corrected chi connectivity index (χ3v) is 3.86. The molecule has 4 nitrogen and oxygen atoms in total. The molecule has 0 spiro atoms. The van der Waals surface area contributed by atoms with Crippen molar-refractivity contribution in [2.45, 2.75) is 10.9 Å². The molecular formula is C13H14N2O2S. The molecule has 0 aliphatic heterocycles. The molecule has 0 amide bonds. The molecule has 1 atom stereocenters. The summed E-state index contributed by atoms with van der Waals surface area (Å²) in [6.07, 6.45) is 0. The minimum Gasteiger partial charge on any atom is -0.480 e. The molecule has 0 saturated carbocycles. The Labute approximate surface area is 109 Å². The summed E-state index contributed by atoms with van der Waals surface area (Å²) in [5.74, 6) is -0.695. The number of carboxylic acid groups (broad SMARTS) is 1. The molecule has 0 aliphatic rings. The van der Waals surface area contributed by atoms with Crippen LogP contribution in [0.1, 0.15) is 0 Å². The van der Waals surface area contributed by atoms with Crippen LogP contribution in [-0.2, 0) is 4.79 Å². The zero-order valence-electron chi connectivity index (χ0n) is 9.67. The van der Waals surface area contributed by atoms with Gasteiger partial charge < -0.3 is 16.6 Å². The number of thioether (sulfide) groups is 1. The van der Waals surface area contributed by atoms with E-state index in [0.717, 1.165) is 15.7 Å². The Morgan fingerprint density at radius 1 is 1.28 bits per heavy atom. The first-order valence-corrected chi connectivity index (χ1v) is 6.46. The van der Waals surface area contributed by atoms with Gasteiger partial charge in [-0.3, -0.25) is 4.79 Å². The first kappa shape index (κ1) is 12.7. The molecule has 0 fully saturated rings. The fraction of sp³-hybridized carbons (Fsp3) is 0.154. The van der Waals surface area contributed by atoms with Gasteiger partial charge in [-0.05, 0) is 11.5 Å². The number of nitrogen functional groups attached to an aromatic ring is 1. The number of carboxylic acids is 1. The van der Waals surface area contributed by atoms with Crippen molar-refractivity contribution in [3.8, 4) is 0 Å². The Balaban J connectivity index is 2.24. The van der Waals surface area contributed by atoms with Gasteiger partial charge in [0.05, 0.1) is 5.69 Å². The van der Waals surface area contributed by atoms with E-state index in [0.29, 0.717) is 11.4 Å². The van der Waals surface area contributed by atoms with E-state index in [2.05, 4.69) is 0 Å². The van der Waals surface area contributed by atoms with Crippen molar-refractivity contribution in [3.63, 3.8) is 0 Å². The van der Waals surface area contributed by atoms with E-state index >= 15 is 0 Å². The van der Waals surface area contributed by atoms with Crippen molar-refractivity contribution < 1.29 is 9.90 Å². The van der Waals surface area contributed by atoms with Crippen LogP contribution in [0.15, 0.2) is 41.3 Å². The summed E-state index contributed by atoms with van der Waals surface area (Å²) in [4.78, 5) is 11.5. The molecule has 18 heavy (non-hydrogen) atoms. The van der Waals surface area contributed by atoms with Gasteiger partial charge in [0.25, 0.3) is 0 Å². The van der Waals surface area contributed by atoms with Crippen LogP contribution in [0.2, 0.25) is 0 Å². The summed E-state index contributed by atoms with van der Waals surface area (Å²) in [6, 6.07) is 10.8. The zero-order valence-corrected chi connectivity index (χ0v) is 10.5. The van der Waals surface area contributed by atoms with Crippen molar-refractivity contribution in [2.75, 3.05) is 11.5 Å². The van der Waals surface area contributed by atoms with Gasteiger partial charge in [-0.25, -0.2) is 0 Å². The fourth-order valence-corrected chi connectivity index (χ4v) is 2.58. The molecule has 5 N–H and O–H groups in total. The normalized spacial score (nSPS) is 12.5. The van der Waals surface area contributed by atoms with Crippen LogP contribution < -0.4 is 11.5 Å². The smallest absolute Gasteiger partial charge is 0.321 e. The Kier molecular flexibility index (Phi) is 3.74. The molecule has 0 aliphatic carbocycles. The number of aliphatic carboxylic acids is 1. The number of hydrogen-bond acceptors (Lipinski definition) is 4. The number of nitrogens with two attached hydrogens (primary N) is 2. The second-order valence-electron chi connectivity index (χ2n) is 3.95. The summed E-state index contributed by atoms with van der Waals surface area (Å²) < 4.78 is 0. The molecule has 2 rings (SSSR count). The van der Waals surface area contributed by atoms with Crippen LogP contribution in [-0.4, -0.2) is 22.9 Å². The minimum absolute atomic E-state index is 0.303. The monoisotopic (exact) mass is 262 g/mol. The third kappa shape index (κ3) is 2.57. The van der Waals surface area contributed by atoms with Crippen LogP contribution in [0.4, 0.5) is 5.69 Å². The van der Waals surface area contributed by atoms with Crippen molar-refractivity contribution >= 4 is 34.2 Å². The van der Waals surface area contributed by atoms with E-state index in [1.54, 1.807) is 0 Å². The highest BCUT2D eigenvalue weighted by Crippen LogP contribution is 2.31. The van der Waals surface area contributed by atoms with Crippen molar-refractivity contribution in [1.82, 2.24) is 0 Å². The Bertz CT molecular complexity index is 586. The van der Waals surface area contributed by atoms with Crippen molar-refractivity contribution in [2.24, 2.45) is 5.73 Å². The molecule has 0 bridgehead atoms. The van der Waals surface area contributed by atoms with Crippen LogP contribution in [0.25, 0.3) is 10.8 Å². The SMILES string of the molecule is Nc1c(SC[C@H](N)C(=O)O)ccc2ccccc12. The Morgan fingerprint density at radius 3 is 2.72 bits per heavy atom. The number of benzene rings is 2. The highest BCUT2D eigenvalue weighted by molar-refractivity contribution is 7.99. The van der Waals surface area contributed by atoms with E-state index in [-0.39, 0.29) is 0 Å². The maximum absolute atomic E-state index is 10.6. The highest BCUT2D eigenvalue weighted by atomic mass is 32.2. The topological polar surface area (TPSA) is 89.3 Å². The predicted octanol–water partition coefficient (Wildman–Crippen LogP) is 1.93. The number of anilines is 1. The van der Waals surface area contributed by atoms with Gasteiger partial charge in [0.15, 0.2) is 0 Å². The number of carbonyl (C=O) groups is 1. The fourth-order valence-electron chi connectivity index (χ4n) is 1.65. The molecular weight excluding hydrogens is 248 g/mol. The van der Waals surface area contributed by atoms with Gasteiger partial charge in [0.1, 0.15) is 6.04 Å². The second kappa shape index (κ2) is 5.29. The molecule has 0 heterocycles. The summed E-state index contributed by atoms with van der Waals surface area (Å²) in [5, 5.41) is 10.8. The zero-order chi connectivity index (χ0) is 13.1. The first-order valence-electron chi connectivity index (χ1n) is 5.48. The quantitative estimate of drug-likeness (QED) is 0.578. The largest absolute Gasteiger partial charge is 0.480 e. The number of fused-ring (bicyclic) bond motifs is 1. The van der Waals surface area contributed by atoms with Gasteiger partial charge in [-0.1, -0.05) is 30.3 Å². The lowest BCUT2D eigenvalue weighted by Gasteiger charge is -2.10. The predicted molar refractivity (Wildman–Crippen MR) is 74.7 cm³/mol. The standard InChI is InChI=1S/C13H14N2O2S/c14-10(13(16)17)7-18-11-6-5-8-3-1-2-4-9(8)12(11)15/h1-6,10H,7,14-15H2,(H,16,17)/t10-/m0/s1. The van der Waals surface area contributed by atoms with E-state index in [1.165, 1.54) is 11.8 Å². The van der Waals surface area contributed by atoms with Crippen LogP contribution >= 0.6 is 11.8 Å². The first-order chi connectivity index (χ1) is 8.59. The van der Waals surface area contributed by atoms with Crippen LogP contribution in [0.3, 0.4) is 0 Å². The molecule has 0 unspecified atom stereocenters. The molecule has 2 aromatic carbocycles. The summed E-state index contributed by atoms with van der Waals surface area (Å²) in [7, 11) is 0. The van der Waals surface area contributed by atoms with Crippen molar-refractivity contribution in [1.29, 1.82) is 0 Å². The minimum atomic E-state index is -0.998. The Hall–Kier alpha value is -1.72. The van der Waals surface area contributed by atoms with Crippen LogP contribution in [0.5, 0.6) is 0 Å². The molecule has 5 heteroatoms. The number of hydrogen-bond donors (Lipinski definition) is 3. The summed E-state index contributed by atoms with van der Waals surface area (Å²) in [5.41, 5.74) is 12.2. The van der Waals surface area contributed by atoms with E-state index in [1.807, 2.05) is 36.4 Å². The molecule has 2 aromatic rings. The number of rotatable bonds is 4. The Morgan fingerprint density at radius 2 is 2.00 bits per heavy atom. The molecule has 0 radical (unpaired) electrons. The maximum atomic E-state index is 10.6. The van der Waals surface area contributed by atoms with Gasteiger partial charge in [0, 0.05) is 16.0 Å². The van der Waals surface area contributed by atoms with Gasteiger partial charge in [-0.15, -0.1) is 11.8 Å². The van der Waals surface area contributed by atoms with Crippen LogP contribution in [0, 0.1) is 0 Å². The van der Waals surface area contributed by atoms with E-state index < -0.39 is 12.0 Å². The lowest BCUT2D eigenvalue weighted by molar-refractivity contribution is -0.137. The van der Waals surface area contributed by atoms with Gasteiger partial charge >= 0.3 is 5.97 Å². The second-order valence-corrected chi connectivity index (χ2v) is 5.02. The lowest BCUT2D eigenvalue weighted by atomic mass is 10.1. The highest BCUT2D eigenvalue weighted by Gasteiger charge is 2.13. The summed E-state index contributed by atoms with van der Waals surface area (Å²) in [6.45, 7) is 0. The molecule has 0 aromatic heterocycles. The third-order valence-electron chi connectivity index (χ3n) is 2.67. The lowest BCUT2D eigenvalue weighted by Crippen LogP contribution is -2.32. The average Bonchev–Trinajstić information content (AvgIpc) is 2.38. The molecule has 94 valence electrons. The van der Waals surface area contributed by atoms with E-state index in [4.69, 9.17) is 16.6 Å². The van der Waals surface area contributed by atoms with E-state index in [9.17, 15) is 4.79 Å². The molecule has 0 saturated heterocycles. The van der Waals surface area contributed by atoms with Gasteiger partial charge in [-0.2, -0.15) is 0 Å². The van der Waals surface area contributed by atoms with Gasteiger partial charge in [0.2, 0.25) is 0 Å².